The summed E-state index contributed by atoms with van der Waals surface area (Å²) in [6.07, 6.45) is 1.01. The zero-order chi connectivity index (χ0) is 10.3. The minimum atomic E-state index is 1.01. The van der Waals surface area contributed by atoms with E-state index < -0.39 is 0 Å². The van der Waals surface area contributed by atoms with Gasteiger partial charge in [-0.1, -0.05) is 6.92 Å². The Morgan fingerprint density at radius 3 is 2.57 bits per heavy atom. The number of aryl methyl sites for hydroxylation is 4. The Balaban J connectivity index is 2.85. The Morgan fingerprint density at radius 1 is 1.21 bits per heavy atom. The van der Waals surface area contributed by atoms with Crippen molar-refractivity contribution in [3.05, 3.63) is 34.8 Å². The summed E-state index contributed by atoms with van der Waals surface area (Å²) in [7, 11) is 0. The van der Waals surface area contributed by atoms with Crippen molar-refractivity contribution in [1.82, 2.24) is 9.38 Å². The van der Waals surface area contributed by atoms with Gasteiger partial charge >= 0.3 is 0 Å². The lowest BCUT2D eigenvalue weighted by Gasteiger charge is -2.03. The molecule has 0 fully saturated rings. The van der Waals surface area contributed by atoms with E-state index in [4.69, 9.17) is 0 Å². The first-order valence-corrected chi connectivity index (χ1v) is 5.08. The zero-order valence-corrected chi connectivity index (χ0v) is 9.26. The number of imidazole rings is 1. The summed E-state index contributed by atoms with van der Waals surface area (Å²) in [5.74, 6) is 0. The maximum absolute atomic E-state index is 4.62. The highest BCUT2D eigenvalue weighted by Gasteiger charge is 2.08. The van der Waals surface area contributed by atoms with Crippen LogP contribution in [0.25, 0.3) is 5.65 Å². The molecule has 0 unspecified atom stereocenters. The normalized spacial score (nSPS) is 11.1. The summed E-state index contributed by atoms with van der Waals surface area (Å²) >= 11 is 0. The van der Waals surface area contributed by atoms with Gasteiger partial charge in [0.25, 0.3) is 0 Å². The van der Waals surface area contributed by atoms with Gasteiger partial charge in [0.2, 0.25) is 0 Å². The molecule has 0 bridgehead atoms. The van der Waals surface area contributed by atoms with Gasteiger partial charge in [0, 0.05) is 11.4 Å². The summed E-state index contributed by atoms with van der Waals surface area (Å²) in [5, 5.41) is 0. The smallest absolute Gasteiger partial charge is 0.137 e. The van der Waals surface area contributed by atoms with Crippen LogP contribution in [0.3, 0.4) is 0 Å². The molecule has 74 valence electrons. The Bertz CT molecular complexity index is 481. The van der Waals surface area contributed by atoms with Crippen LogP contribution in [0, 0.1) is 20.8 Å². The molecule has 0 atom stereocenters. The average Bonchev–Trinajstić information content (AvgIpc) is 2.42. The molecule has 2 heteroatoms. The molecule has 2 heterocycles. The van der Waals surface area contributed by atoms with Gasteiger partial charge in [-0.3, -0.25) is 0 Å². The molecule has 0 aromatic carbocycles. The summed E-state index contributed by atoms with van der Waals surface area (Å²) < 4.78 is 2.23. The van der Waals surface area contributed by atoms with Crippen LogP contribution in [0.4, 0.5) is 0 Å². The first kappa shape index (κ1) is 9.25. The monoisotopic (exact) mass is 188 g/mol. The van der Waals surface area contributed by atoms with Crippen LogP contribution in [0.1, 0.15) is 29.6 Å². The van der Waals surface area contributed by atoms with E-state index in [0.717, 1.165) is 12.1 Å². The number of pyridine rings is 1. The summed E-state index contributed by atoms with van der Waals surface area (Å²) in [4.78, 5) is 4.62. The van der Waals surface area contributed by atoms with E-state index in [9.17, 15) is 0 Å². The van der Waals surface area contributed by atoms with E-state index in [-0.39, 0.29) is 0 Å². The van der Waals surface area contributed by atoms with Crippen molar-refractivity contribution in [3.8, 4) is 0 Å². The molecule has 0 spiro atoms. The van der Waals surface area contributed by atoms with Gasteiger partial charge in [-0.2, -0.15) is 0 Å². The zero-order valence-electron chi connectivity index (χ0n) is 9.26. The fraction of sp³-hybridized carbons (Fsp3) is 0.417. The highest BCUT2D eigenvalue weighted by Crippen LogP contribution is 2.16. The molecule has 0 amide bonds. The maximum atomic E-state index is 4.62. The number of fused-ring (bicyclic) bond motifs is 1. The van der Waals surface area contributed by atoms with Gasteiger partial charge in [-0.05, 0) is 44.9 Å². The van der Waals surface area contributed by atoms with E-state index in [0.29, 0.717) is 0 Å². The molecule has 0 saturated heterocycles. The molecule has 2 rings (SSSR count). The van der Waals surface area contributed by atoms with Gasteiger partial charge in [0.05, 0.1) is 5.69 Å². The molecule has 2 nitrogen and oxygen atoms in total. The summed E-state index contributed by atoms with van der Waals surface area (Å²) in [6.45, 7) is 8.54. The van der Waals surface area contributed by atoms with Gasteiger partial charge in [-0.25, -0.2) is 4.98 Å². The van der Waals surface area contributed by atoms with Gasteiger partial charge in [0.15, 0.2) is 0 Å². The average molecular weight is 188 g/mol. The molecule has 0 aliphatic carbocycles. The fourth-order valence-electron chi connectivity index (χ4n) is 2.09. The van der Waals surface area contributed by atoms with Crippen molar-refractivity contribution < 1.29 is 0 Å². The molecule has 0 saturated carbocycles. The van der Waals surface area contributed by atoms with Crippen molar-refractivity contribution in [2.24, 2.45) is 0 Å². The highest BCUT2D eigenvalue weighted by atomic mass is 15.0. The lowest BCUT2D eigenvalue weighted by Crippen LogP contribution is -1.94. The number of nitrogens with zero attached hydrogens (tertiary/aromatic N) is 2. The second kappa shape index (κ2) is 3.12. The molecule has 0 radical (unpaired) electrons. The van der Waals surface area contributed by atoms with Crippen molar-refractivity contribution in [2.45, 2.75) is 34.1 Å². The largest absolute Gasteiger partial charge is 0.301 e. The molecule has 0 N–H and O–H groups in total. The second-order valence-corrected chi connectivity index (χ2v) is 3.87. The van der Waals surface area contributed by atoms with Crippen LogP contribution in [-0.4, -0.2) is 9.38 Å². The van der Waals surface area contributed by atoms with Crippen molar-refractivity contribution in [1.29, 1.82) is 0 Å². The Hall–Kier alpha value is -1.31. The first-order chi connectivity index (χ1) is 6.63. The number of hydrogen-bond acceptors (Lipinski definition) is 1. The minimum Gasteiger partial charge on any atom is -0.301 e. The van der Waals surface area contributed by atoms with E-state index in [1.807, 2.05) is 0 Å². The molecule has 2 aromatic rings. The predicted molar refractivity (Wildman–Crippen MR) is 58.8 cm³/mol. The summed E-state index contributed by atoms with van der Waals surface area (Å²) in [6, 6.07) is 4.33. The van der Waals surface area contributed by atoms with Crippen LogP contribution < -0.4 is 0 Å². The van der Waals surface area contributed by atoms with E-state index >= 15 is 0 Å². The second-order valence-electron chi connectivity index (χ2n) is 3.87. The lowest BCUT2D eigenvalue weighted by molar-refractivity contribution is 0.993. The first-order valence-electron chi connectivity index (χ1n) is 5.08. The molecule has 14 heavy (non-hydrogen) atoms. The SMILES string of the molecule is CCc1nc2cc(C)cc(C)n2c1C. The topological polar surface area (TPSA) is 17.3 Å². The minimum absolute atomic E-state index is 1.01. The van der Waals surface area contributed by atoms with Crippen LogP contribution >= 0.6 is 0 Å². The third kappa shape index (κ3) is 1.22. The number of rotatable bonds is 1. The maximum Gasteiger partial charge on any atom is 0.137 e. The number of hydrogen-bond donors (Lipinski definition) is 0. The predicted octanol–water partition coefficient (Wildman–Crippen LogP) is 2.82. The third-order valence-corrected chi connectivity index (χ3v) is 2.71. The Morgan fingerprint density at radius 2 is 1.93 bits per heavy atom. The lowest BCUT2D eigenvalue weighted by atomic mass is 10.2. The van der Waals surface area contributed by atoms with E-state index in [1.165, 1.54) is 22.6 Å². The van der Waals surface area contributed by atoms with Gasteiger partial charge < -0.3 is 4.40 Å². The van der Waals surface area contributed by atoms with Crippen molar-refractivity contribution in [3.63, 3.8) is 0 Å². The standard InChI is InChI=1S/C12H16N2/c1-5-11-10(4)14-9(3)6-8(2)7-12(14)13-11/h6-7H,5H2,1-4H3. The third-order valence-electron chi connectivity index (χ3n) is 2.71. The summed E-state index contributed by atoms with van der Waals surface area (Å²) in [5.41, 5.74) is 6.11. The van der Waals surface area contributed by atoms with Crippen LogP contribution in [0.2, 0.25) is 0 Å². The van der Waals surface area contributed by atoms with Gasteiger partial charge in [-0.15, -0.1) is 0 Å². The Labute approximate surface area is 84.6 Å². The van der Waals surface area contributed by atoms with Crippen LogP contribution in [0.15, 0.2) is 12.1 Å². The molecule has 0 aliphatic heterocycles. The molecular formula is C12H16N2. The molecule has 2 aromatic heterocycles. The quantitative estimate of drug-likeness (QED) is 0.672. The molecule has 0 aliphatic rings. The van der Waals surface area contributed by atoms with Crippen molar-refractivity contribution in [2.75, 3.05) is 0 Å². The Kier molecular flexibility index (Phi) is 2.06. The van der Waals surface area contributed by atoms with Gasteiger partial charge in [0.1, 0.15) is 5.65 Å². The molecular weight excluding hydrogens is 172 g/mol. The van der Waals surface area contributed by atoms with Crippen LogP contribution in [-0.2, 0) is 6.42 Å². The van der Waals surface area contributed by atoms with Crippen molar-refractivity contribution >= 4 is 5.65 Å². The highest BCUT2D eigenvalue weighted by molar-refractivity contribution is 5.47. The van der Waals surface area contributed by atoms with Crippen LogP contribution in [0.5, 0.6) is 0 Å². The van der Waals surface area contributed by atoms with E-state index in [1.54, 1.807) is 0 Å². The fourth-order valence-corrected chi connectivity index (χ4v) is 2.09. The van der Waals surface area contributed by atoms with E-state index in [2.05, 4.69) is 49.2 Å². The number of aromatic nitrogens is 2.